The highest BCUT2D eigenvalue weighted by atomic mass is 19.3. The van der Waals surface area contributed by atoms with E-state index >= 15 is 0 Å². The molecule has 0 aliphatic rings. The van der Waals surface area contributed by atoms with Crippen LogP contribution in [0.15, 0.2) is 36.8 Å². The zero-order chi connectivity index (χ0) is 19.4. The molecule has 0 spiro atoms. The van der Waals surface area contributed by atoms with Gasteiger partial charge in [0.05, 0.1) is 6.54 Å². The Bertz CT molecular complexity index is 955. The molecule has 0 aliphatic heterocycles. The van der Waals surface area contributed by atoms with Crippen LogP contribution in [0.1, 0.15) is 23.1 Å². The Hall–Kier alpha value is -3.10. The molecule has 1 atom stereocenters. The average Bonchev–Trinajstić information content (AvgIpc) is 3.10. The number of alkyl halides is 2. The fourth-order valence-corrected chi connectivity index (χ4v) is 2.65. The summed E-state index contributed by atoms with van der Waals surface area (Å²) in [5.74, 6) is 0.377. The molecule has 0 saturated carbocycles. The number of nitrogens with zero attached hydrogens (tertiary/aromatic N) is 3. The van der Waals surface area contributed by atoms with Crippen molar-refractivity contribution >= 4 is 22.8 Å². The smallest absolute Gasteiger partial charge is 0.255 e. The predicted molar refractivity (Wildman–Crippen MR) is 103 cm³/mol. The largest absolute Gasteiger partial charge is 0.356 e. The van der Waals surface area contributed by atoms with Gasteiger partial charge in [-0.05, 0) is 31.5 Å². The van der Waals surface area contributed by atoms with Gasteiger partial charge in [0.15, 0.2) is 5.82 Å². The molecule has 1 amide bonds. The molecular weight excluding hydrogens is 354 g/mol. The summed E-state index contributed by atoms with van der Waals surface area (Å²) < 4.78 is 24.8. The van der Waals surface area contributed by atoms with E-state index in [0.29, 0.717) is 18.1 Å². The van der Waals surface area contributed by atoms with Crippen LogP contribution in [0.2, 0.25) is 0 Å². The van der Waals surface area contributed by atoms with Crippen LogP contribution in [0.25, 0.3) is 22.4 Å². The van der Waals surface area contributed by atoms with Gasteiger partial charge < -0.3 is 15.6 Å². The molecule has 146 valence electrons. The van der Waals surface area contributed by atoms with Crippen molar-refractivity contribution in [3.05, 3.63) is 36.8 Å². The normalized spacial score (nSPS) is 13.5. The summed E-state index contributed by atoms with van der Waals surface area (Å²) in [7, 11) is 0. The quantitative estimate of drug-likeness (QED) is 0.585. The van der Waals surface area contributed by atoms with Crippen LogP contribution in [0.5, 0.6) is 0 Å². The van der Waals surface area contributed by atoms with E-state index in [-0.39, 0.29) is 2.85 Å². The number of anilines is 1. The number of carbonyl (C=O) groups is 1. The van der Waals surface area contributed by atoms with Gasteiger partial charge in [0.2, 0.25) is 5.91 Å². The highest BCUT2D eigenvalue weighted by Gasteiger charge is 2.32. The fourth-order valence-electron chi connectivity index (χ4n) is 2.65. The maximum atomic E-state index is 12.4. The third kappa shape index (κ3) is 4.02. The number of aromatic nitrogens is 4. The van der Waals surface area contributed by atoms with Gasteiger partial charge in [0.1, 0.15) is 17.0 Å². The molecule has 3 heterocycles. The highest BCUT2D eigenvalue weighted by Crippen LogP contribution is 2.26. The number of pyridine rings is 1. The lowest BCUT2D eigenvalue weighted by Crippen LogP contribution is -2.51. The molecule has 27 heavy (non-hydrogen) atoms. The summed E-state index contributed by atoms with van der Waals surface area (Å²) in [6.07, 6.45) is 2.82. The van der Waals surface area contributed by atoms with E-state index < -0.39 is 24.4 Å². The Kier molecular flexibility index (Phi) is 5.29. The number of fused-ring (bicyclic) bond motifs is 1. The Morgan fingerprint density at radius 3 is 2.89 bits per heavy atom. The first kappa shape index (κ1) is 18.7. The first-order valence-electron chi connectivity index (χ1n) is 8.53. The zero-order valence-electron chi connectivity index (χ0n) is 15.0. The van der Waals surface area contributed by atoms with Gasteiger partial charge in [-0.15, -0.1) is 0 Å². The number of halogens is 2. The molecule has 0 saturated heterocycles. The second kappa shape index (κ2) is 7.65. The number of amides is 1. The second-order valence-corrected chi connectivity index (χ2v) is 6.28. The molecule has 7 nitrogen and oxygen atoms in total. The van der Waals surface area contributed by atoms with Crippen LogP contribution in [0.4, 0.5) is 14.6 Å². The summed E-state index contributed by atoms with van der Waals surface area (Å²) in [6, 6.07) is 5.36. The molecule has 3 aromatic rings. The van der Waals surface area contributed by atoms with Gasteiger partial charge in [-0.3, -0.25) is 4.79 Å². The topological polar surface area (TPSA) is 95.6 Å². The Labute approximate surface area is 157 Å². The lowest BCUT2D eigenvalue weighted by atomic mass is 9.97. The van der Waals surface area contributed by atoms with Crippen LogP contribution >= 0.6 is 0 Å². The van der Waals surface area contributed by atoms with E-state index in [2.05, 4.69) is 30.6 Å². The molecule has 0 aromatic carbocycles. The fraction of sp³-hybridized carbons (Fsp3) is 0.333. The van der Waals surface area contributed by atoms with E-state index in [1.807, 2.05) is 12.1 Å². The van der Waals surface area contributed by atoms with Crippen molar-refractivity contribution in [2.75, 3.05) is 11.9 Å². The summed E-state index contributed by atoms with van der Waals surface area (Å²) in [4.78, 5) is 28.4. The first-order valence-corrected chi connectivity index (χ1v) is 8.53. The number of nitrogens with one attached hydrogen (secondary N) is 3. The number of hydrogen-bond donors (Lipinski definition) is 3. The van der Waals surface area contributed by atoms with Gasteiger partial charge in [0.25, 0.3) is 6.43 Å². The minimum atomic E-state index is -2.60. The number of H-pyrrole nitrogens is 1. The standard InChI is InChI=1S/C18H20F2N6O.2H2/c1-3-18(2,17(27)24-10-13(19)20)26-14-6-8-22-16(25-14)12-9-23-15-11(12)5-4-7-21-15;;/h4-9,13H,3,10H2,1-2H3,(H,21,23)(H,24,27)(H,22,25,26);2*1H/t18-;;/m1../s1. The number of rotatable bonds is 7. The van der Waals surface area contributed by atoms with Crippen molar-refractivity contribution in [3.8, 4) is 11.4 Å². The Morgan fingerprint density at radius 2 is 2.15 bits per heavy atom. The molecular formula is C18H24F2N6O. The van der Waals surface area contributed by atoms with Crippen LogP contribution in [-0.2, 0) is 4.79 Å². The van der Waals surface area contributed by atoms with Gasteiger partial charge in [-0.2, -0.15) is 0 Å². The van der Waals surface area contributed by atoms with Crippen molar-refractivity contribution < 1.29 is 16.4 Å². The van der Waals surface area contributed by atoms with E-state index in [4.69, 9.17) is 0 Å². The van der Waals surface area contributed by atoms with Crippen molar-refractivity contribution in [2.45, 2.75) is 32.2 Å². The van der Waals surface area contributed by atoms with Crippen molar-refractivity contribution in [3.63, 3.8) is 0 Å². The lowest BCUT2D eigenvalue weighted by molar-refractivity contribution is -0.125. The van der Waals surface area contributed by atoms with E-state index in [9.17, 15) is 13.6 Å². The predicted octanol–water partition coefficient (Wildman–Crippen LogP) is 3.47. The summed E-state index contributed by atoms with van der Waals surface area (Å²) >= 11 is 0. The van der Waals surface area contributed by atoms with Crippen molar-refractivity contribution in [1.82, 2.24) is 25.3 Å². The third-order valence-corrected chi connectivity index (χ3v) is 4.38. The molecule has 0 bridgehead atoms. The minimum Gasteiger partial charge on any atom is -0.356 e. The van der Waals surface area contributed by atoms with Crippen LogP contribution < -0.4 is 10.6 Å². The Balaban J connectivity index is 0.00000210. The van der Waals surface area contributed by atoms with Crippen LogP contribution in [0, 0.1) is 0 Å². The van der Waals surface area contributed by atoms with Crippen LogP contribution in [0.3, 0.4) is 0 Å². The van der Waals surface area contributed by atoms with Crippen molar-refractivity contribution in [1.29, 1.82) is 0 Å². The minimum absolute atomic E-state index is 0. The maximum absolute atomic E-state index is 12.4. The van der Waals surface area contributed by atoms with Gasteiger partial charge >= 0.3 is 0 Å². The zero-order valence-corrected chi connectivity index (χ0v) is 15.0. The molecule has 3 aromatic heterocycles. The third-order valence-electron chi connectivity index (χ3n) is 4.38. The molecule has 3 rings (SSSR count). The number of hydrogen-bond acceptors (Lipinski definition) is 5. The number of carbonyl (C=O) groups excluding carboxylic acids is 1. The van der Waals surface area contributed by atoms with E-state index in [0.717, 1.165) is 16.6 Å². The van der Waals surface area contributed by atoms with Gasteiger partial charge in [-0.1, -0.05) is 6.92 Å². The maximum Gasteiger partial charge on any atom is 0.255 e. The van der Waals surface area contributed by atoms with E-state index in [1.165, 1.54) is 0 Å². The molecule has 0 aliphatic carbocycles. The SMILES string of the molecule is CC[C@@](C)(Nc1ccnc(-c2c[nH]c3ncccc23)n1)C(=O)NCC(F)F.[HH].[HH]. The second-order valence-electron chi connectivity index (χ2n) is 6.28. The summed E-state index contributed by atoms with van der Waals surface area (Å²) in [5, 5.41) is 6.17. The number of aromatic amines is 1. The molecule has 0 fully saturated rings. The van der Waals surface area contributed by atoms with Crippen LogP contribution in [-0.4, -0.2) is 44.4 Å². The highest BCUT2D eigenvalue weighted by molar-refractivity contribution is 5.92. The van der Waals surface area contributed by atoms with Crippen molar-refractivity contribution in [2.24, 2.45) is 0 Å². The molecule has 9 heteroatoms. The molecule has 3 N–H and O–H groups in total. The summed E-state index contributed by atoms with van der Waals surface area (Å²) in [5.41, 5.74) is 0.420. The first-order chi connectivity index (χ1) is 12.9. The average molecular weight is 378 g/mol. The lowest BCUT2D eigenvalue weighted by Gasteiger charge is -2.29. The summed E-state index contributed by atoms with van der Waals surface area (Å²) in [6.45, 7) is 2.75. The van der Waals surface area contributed by atoms with Gasteiger partial charge in [0, 0.05) is 32.4 Å². The molecule has 0 radical (unpaired) electrons. The monoisotopic (exact) mass is 378 g/mol. The Morgan fingerprint density at radius 1 is 1.33 bits per heavy atom. The van der Waals surface area contributed by atoms with E-state index in [1.54, 1.807) is 38.5 Å². The van der Waals surface area contributed by atoms with Gasteiger partial charge in [-0.25, -0.2) is 23.7 Å². The molecule has 0 unspecified atom stereocenters.